The van der Waals surface area contributed by atoms with Crippen molar-refractivity contribution in [3.63, 3.8) is 0 Å². The van der Waals surface area contributed by atoms with Crippen LogP contribution < -0.4 is 0 Å². The number of esters is 2. The highest BCUT2D eigenvalue weighted by molar-refractivity contribution is 5.87. The molecule has 86 valence electrons. The van der Waals surface area contributed by atoms with Gasteiger partial charge in [-0.3, -0.25) is 0 Å². The SMILES string of the molecule is CCOC(=O)C(C)(C)OC(=O)C=C(C)C. The van der Waals surface area contributed by atoms with Crippen molar-refractivity contribution in [2.75, 3.05) is 6.61 Å². The first-order valence-electron chi connectivity index (χ1n) is 4.84. The van der Waals surface area contributed by atoms with Crippen LogP contribution in [0.1, 0.15) is 34.6 Å². The zero-order valence-corrected chi connectivity index (χ0v) is 9.92. The molecule has 0 fully saturated rings. The van der Waals surface area contributed by atoms with Crippen LogP contribution in [0.3, 0.4) is 0 Å². The van der Waals surface area contributed by atoms with E-state index in [0.29, 0.717) is 0 Å². The maximum atomic E-state index is 11.4. The van der Waals surface area contributed by atoms with E-state index in [1.54, 1.807) is 20.8 Å². The normalized spacial score (nSPS) is 10.5. The van der Waals surface area contributed by atoms with E-state index in [1.165, 1.54) is 19.9 Å². The number of carbonyl (C=O) groups excluding carboxylic acids is 2. The summed E-state index contributed by atoms with van der Waals surface area (Å²) >= 11 is 0. The van der Waals surface area contributed by atoms with Crippen LogP contribution >= 0.6 is 0 Å². The number of hydrogen-bond acceptors (Lipinski definition) is 4. The van der Waals surface area contributed by atoms with Crippen molar-refractivity contribution in [2.24, 2.45) is 0 Å². The molecule has 0 aliphatic rings. The van der Waals surface area contributed by atoms with Crippen molar-refractivity contribution in [3.8, 4) is 0 Å². The van der Waals surface area contributed by atoms with E-state index >= 15 is 0 Å². The molecule has 0 unspecified atom stereocenters. The standard InChI is InChI=1S/C11H18O4/c1-6-14-10(13)11(4,5)15-9(12)7-8(2)3/h7H,6H2,1-5H3. The van der Waals surface area contributed by atoms with Crippen LogP contribution in [-0.4, -0.2) is 24.1 Å². The first-order chi connectivity index (χ1) is 6.79. The lowest BCUT2D eigenvalue weighted by atomic mass is 10.1. The summed E-state index contributed by atoms with van der Waals surface area (Å²) in [7, 11) is 0. The fraction of sp³-hybridized carbons (Fsp3) is 0.636. The third kappa shape index (κ3) is 5.20. The molecule has 0 aromatic heterocycles. The highest BCUT2D eigenvalue weighted by Crippen LogP contribution is 2.12. The van der Waals surface area contributed by atoms with Gasteiger partial charge in [-0.2, -0.15) is 0 Å². The van der Waals surface area contributed by atoms with Gasteiger partial charge in [0.1, 0.15) is 0 Å². The fourth-order valence-corrected chi connectivity index (χ4v) is 0.863. The van der Waals surface area contributed by atoms with E-state index in [0.717, 1.165) is 5.57 Å². The summed E-state index contributed by atoms with van der Waals surface area (Å²) in [5.41, 5.74) is -0.418. The second kappa shape index (κ2) is 5.53. The Balaban J connectivity index is 4.43. The third-order valence-corrected chi connectivity index (χ3v) is 1.53. The topological polar surface area (TPSA) is 52.6 Å². The third-order valence-electron chi connectivity index (χ3n) is 1.53. The van der Waals surface area contributed by atoms with Crippen LogP contribution in [0.25, 0.3) is 0 Å². The minimum atomic E-state index is -1.24. The van der Waals surface area contributed by atoms with Gasteiger partial charge in [-0.25, -0.2) is 9.59 Å². The molecular weight excluding hydrogens is 196 g/mol. The molecule has 0 atom stereocenters. The van der Waals surface area contributed by atoms with Gasteiger partial charge in [-0.15, -0.1) is 0 Å². The van der Waals surface area contributed by atoms with Gasteiger partial charge in [0, 0.05) is 6.08 Å². The van der Waals surface area contributed by atoms with Crippen molar-refractivity contribution >= 4 is 11.9 Å². The molecule has 0 rings (SSSR count). The first-order valence-corrected chi connectivity index (χ1v) is 4.84. The maximum absolute atomic E-state index is 11.4. The Morgan fingerprint density at radius 3 is 2.20 bits per heavy atom. The van der Waals surface area contributed by atoms with Crippen LogP contribution in [0.5, 0.6) is 0 Å². The molecular formula is C11H18O4. The average molecular weight is 214 g/mol. The first kappa shape index (κ1) is 13.7. The quantitative estimate of drug-likeness (QED) is 0.529. The second-order valence-electron chi connectivity index (χ2n) is 3.87. The molecule has 0 aromatic rings. The number of ether oxygens (including phenoxy) is 2. The maximum Gasteiger partial charge on any atom is 0.350 e. The molecule has 0 N–H and O–H groups in total. The van der Waals surface area contributed by atoms with Gasteiger partial charge < -0.3 is 9.47 Å². The van der Waals surface area contributed by atoms with Crippen molar-refractivity contribution in [1.82, 2.24) is 0 Å². The summed E-state index contributed by atoms with van der Waals surface area (Å²) in [6, 6.07) is 0. The van der Waals surface area contributed by atoms with Gasteiger partial charge in [0.05, 0.1) is 6.61 Å². The molecule has 0 aliphatic carbocycles. The van der Waals surface area contributed by atoms with Crippen LogP contribution in [0.4, 0.5) is 0 Å². The summed E-state index contributed by atoms with van der Waals surface area (Å²) in [5.74, 6) is -1.08. The van der Waals surface area contributed by atoms with Crippen molar-refractivity contribution in [2.45, 2.75) is 40.2 Å². The zero-order valence-electron chi connectivity index (χ0n) is 9.92. The molecule has 15 heavy (non-hydrogen) atoms. The van der Waals surface area contributed by atoms with E-state index < -0.39 is 17.5 Å². The minimum Gasteiger partial charge on any atom is -0.463 e. The van der Waals surface area contributed by atoms with E-state index in [2.05, 4.69) is 0 Å². The molecule has 0 saturated carbocycles. The predicted octanol–water partition coefficient (Wildman–Crippen LogP) is 1.84. The van der Waals surface area contributed by atoms with Crippen LogP contribution in [0.2, 0.25) is 0 Å². The van der Waals surface area contributed by atoms with Gasteiger partial charge in [0.15, 0.2) is 0 Å². The second-order valence-corrected chi connectivity index (χ2v) is 3.87. The average Bonchev–Trinajstić information content (AvgIpc) is 2.01. The number of rotatable bonds is 4. The summed E-state index contributed by atoms with van der Waals surface area (Å²) < 4.78 is 9.75. The van der Waals surface area contributed by atoms with E-state index in [9.17, 15) is 9.59 Å². The fourth-order valence-electron chi connectivity index (χ4n) is 0.863. The zero-order chi connectivity index (χ0) is 12.1. The lowest BCUT2D eigenvalue weighted by Crippen LogP contribution is -2.38. The molecule has 0 radical (unpaired) electrons. The smallest absolute Gasteiger partial charge is 0.350 e. The van der Waals surface area contributed by atoms with Crippen LogP contribution in [-0.2, 0) is 19.1 Å². The Morgan fingerprint density at radius 2 is 1.80 bits per heavy atom. The van der Waals surface area contributed by atoms with Crippen molar-refractivity contribution < 1.29 is 19.1 Å². The largest absolute Gasteiger partial charge is 0.463 e. The summed E-state index contributed by atoms with van der Waals surface area (Å²) in [5, 5.41) is 0. The highest BCUT2D eigenvalue weighted by Gasteiger charge is 2.32. The minimum absolute atomic E-state index is 0.266. The van der Waals surface area contributed by atoms with Gasteiger partial charge >= 0.3 is 11.9 Å². The Bertz CT molecular complexity index is 272. The molecule has 0 aromatic carbocycles. The molecule has 0 saturated heterocycles. The molecule has 0 spiro atoms. The Labute approximate surface area is 90.2 Å². The molecule has 4 heteroatoms. The Kier molecular flexibility index (Phi) is 5.05. The van der Waals surface area contributed by atoms with E-state index in [4.69, 9.17) is 9.47 Å². The van der Waals surface area contributed by atoms with Gasteiger partial charge in [-0.05, 0) is 34.6 Å². The molecule has 0 aliphatic heterocycles. The van der Waals surface area contributed by atoms with Crippen LogP contribution in [0.15, 0.2) is 11.6 Å². The van der Waals surface area contributed by atoms with Gasteiger partial charge in [0.25, 0.3) is 0 Å². The summed E-state index contributed by atoms with van der Waals surface area (Å²) in [6.07, 6.45) is 1.33. The predicted molar refractivity (Wildman–Crippen MR) is 56.2 cm³/mol. The number of hydrogen-bond donors (Lipinski definition) is 0. The van der Waals surface area contributed by atoms with E-state index in [1.807, 2.05) is 0 Å². The van der Waals surface area contributed by atoms with Crippen molar-refractivity contribution in [1.29, 1.82) is 0 Å². The number of carbonyl (C=O) groups is 2. The molecule has 0 heterocycles. The lowest BCUT2D eigenvalue weighted by Gasteiger charge is -2.21. The molecule has 0 bridgehead atoms. The summed E-state index contributed by atoms with van der Waals surface area (Å²) in [4.78, 5) is 22.6. The van der Waals surface area contributed by atoms with Gasteiger partial charge in [0.2, 0.25) is 5.60 Å². The van der Waals surface area contributed by atoms with Crippen molar-refractivity contribution in [3.05, 3.63) is 11.6 Å². The summed E-state index contributed by atoms with van der Waals surface area (Å²) in [6.45, 7) is 8.52. The van der Waals surface area contributed by atoms with E-state index in [-0.39, 0.29) is 6.61 Å². The monoisotopic (exact) mass is 214 g/mol. The lowest BCUT2D eigenvalue weighted by molar-refractivity contribution is -0.175. The molecule has 4 nitrogen and oxygen atoms in total. The Hall–Kier alpha value is -1.32. The molecule has 0 amide bonds. The highest BCUT2D eigenvalue weighted by atomic mass is 16.6. The Morgan fingerprint density at radius 1 is 1.27 bits per heavy atom. The van der Waals surface area contributed by atoms with Gasteiger partial charge in [-0.1, -0.05) is 5.57 Å². The number of allylic oxidation sites excluding steroid dienone is 1. The van der Waals surface area contributed by atoms with Crippen LogP contribution in [0, 0.1) is 0 Å².